The summed E-state index contributed by atoms with van der Waals surface area (Å²) in [6, 6.07) is 7.24. The normalized spacial score (nSPS) is 17.6. The van der Waals surface area contributed by atoms with Gasteiger partial charge in [0.15, 0.2) is 5.96 Å². The molecule has 0 radical (unpaired) electrons. The van der Waals surface area contributed by atoms with Gasteiger partial charge in [-0.1, -0.05) is 6.07 Å². The van der Waals surface area contributed by atoms with Gasteiger partial charge in [-0.25, -0.2) is 0 Å². The zero-order valence-electron chi connectivity index (χ0n) is 14.1. The second-order valence-corrected chi connectivity index (χ2v) is 6.49. The number of hydrogen-bond acceptors (Lipinski definition) is 3. The minimum absolute atomic E-state index is 0.505. The summed E-state index contributed by atoms with van der Waals surface area (Å²) in [4.78, 5) is 6.93. The molecule has 0 atom stereocenters. The minimum atomic E-state index is 0.505. The van der Waals surface area contributed by atoms with E-state index in [2.05, 4.69) is 33.4 Å². The molecule has 0 unspecified atom stereocenters. The number of nitrogens with two attached hydrogens (primary N) is 1. The third kappa shape index (κ3) is 4.69. The molecular formula is C18H28N4O. The van der Waals surface area contributed by atoms with Crippen LogP contribution in [0.4, 0.5) is 5.69 Å². The topological polar surface area (TPSA) is 62.9 Å². The molecule has 5 heteroatoms. The molecule has 0 aliphatic heterocycles. The molecule has 1 saturated carbocycles. The molecule has 0 heterocycles. The number of fused-ring (bicyclic) bond motifs is 1. The van der Waals surface area contributed by atoms with Crippen LogP contribution in [-0.2, 0) is 17.6 Å². The number of hydrogen-bond donors (Lipinski definition) is 2. The van der Waals surface area contributed by atoms with E-state index in [1.165, 1.54) is 43.2 Å². The van der Waals surface area contributed by atoms with Crippen molar-refractivity contribution >= 4 is 11.6 Å². The first-order chi connectivity index (χ1) is 11.3. The highest BCUT2D eigenvalue weighted by Crippen LogP contribution is 2.26. The molecule has 1 aromatic rings. The van der Waals surface area contributed by atoms with E-state index in [1.807, 2.05) is 0 Å². The molecule has 0 saturated heterocycles. The Bertz CT molecular complexity index is 554. The van der Waals surface area contributed by atoms with E-state index in [1.54, 1.807) is 7.11 Å². The van der Waals surface area contributed by atoms with E-state index in [4.69, 9.17) is 10.5 Å². The second kappa shape index (κ2) is 7.79. The zero-order chi connectivity index (χ0) is 16.1. The SMILES string of the molecule is COCCN(CCN=C(N)Nc1ccc2c(c1)CCC2)C1CC1. The minimum Gasteiger partial charge on any atom is -0.383 e. The van der Waals surface area contributed by atoms with Crippen LogP contribution < -0.4 is 11.1 Å². The maximum Gasteiger partial charge on any atom is 0.193 e. The first-order valence-corrected chi connectivity index (χ1v) is 8.68. The lowest BCUT2D eigenvalue weighted by Crippen LogP contribution is -2.33. The third-order valence-corrected chi connectivity index (χ3v) is 4.69. The molecule has 0 bridgehead atoms. The first-order valence-electron chi connectivity index (χ1n) is 8.68. The summed E-state index contributed by atoms with van der Waals surface area (Å²) in [6.07, 6.45) is 6.25. The Labute approximate surface area is 138 Å². The fourth-order valence-electron chi connectivity index (χ4n) is 3.26. The molecule has 2 aliphatic rings. The number of methoxy groups -OCH3 is 1. The number of nitrogens with zero attached hydrogens (tertiary/aromatic N) is 2. The van der Waals surface area contributed by atoms with Gasteiger partial charge in [-0.3, -0.25) is 9.89 Å². The van der Waals surface area contributed by atoms with Crippen molar-refractivity contribution in [1.82, 2.24) is 4.90 Å². The molecule has 0 amide bonds. The Morgan fingerprint density at radius 3 is 2.91 bits per heavy atom. The van der Waals surface area contributed by atoms with Gasteiger partial charge < -0.3 is 15.8 Å². The molecule has 2 aliphatic carbocycles. The van der Waals surface area contributed by atoms with Gasteiger partial charge in [0.2, 0.25) is 0 Å². The van der Waals surface area contributed by atoms with Crippen LogP contribution in [0.1, 0.15) is 30.4 Å². The standard InChI is InChI=1S/C18H28N4O/c1-23-12-11-22(17-7-8-17)10-9-20-18(19)21-16-6-5-14-3-2-4-15(14)13-16/h5-6,13,17H,2-4,7-12H2,1H3,(H3,19,20,21). The van der Waals surface area contributed by atoms with Gasteiger partial charge in [0.05, 0.1) is 13.2 Å². The van der Waals surface area contributed by atoms with Crippen molar-refractivity contribution in [2.24, 2.45) is 10.7 Å². The Kier molecular flexibility index (Phi) is 5.51. The van der Waals surface area contributed by atoms with E-state index >= 15 is 0 Å². The van der Waals surface area contributed by atoms with Crippen LogP contribution in [0, 0.1) is 0 Å². The molecule has 1 fully saturated rings. The Hall–Kier alpha value is -1.59. The number of nitrogens with one attached hydrogen (secondary N) is 1. The summed E-state index contributed by atoms with van der Waals surface area (Å²) < 4.78 is 5.18. The van der Waals surface area contributed by atoms with Crippen LogP contribution >= 0.6 is 0 Å². The Morgan fingerprint density at radius 1 is 1.30 bits per heavy atom. The summed E-state index contributed by atoms with van der Waals surface area (Å²) in [7, 11) is 1.75. The number of benzene rings is 1. The zero-order valence-corrected chi connectivity index (χ0v) is 14.1. The van der Waals surface area contributed by atoms with Crippen LogP contribution in [0.15, 0.2) is 23.2 Å². The van der Waals surface area contributed by atoms with E-state index < -0.39 is 0 Å². The van der Waals surface area contributed by atoms with Gasteiger partial charge in [-0.2, -0.15) is 0 Å². The van der Waals surface area contributed by atoms with Crippen molar-refractivity contribution in [3.8, 4) is 0 Å². The lowest BCUT2D eigenvalue weighted by Gasteiger charge is -2.20. The smallest absolute Gasteiger partial charge is 0.193 e. The highest BCUT2D eigenvalue weighted by molar-refractivity contribution is 5.92. The van der Waals surface area contributed by atoms with Crippen molar-refractivity contribution in [3.05, 3.63) is 29.3 Å². The average molecular weight is 316 g/mol. The van der Waals surface area contributed by atoms with E-state index in [0.717, 1.165) is 38.0 Å². The van der Waals surface area contributed by atoms with E-state index in [0.29, 0.717) is 5.96 Å². The van der Waals surface area contributed by atoms with Crippen molar-refractivity contribution in [1.29, 1.82) is 0 Å². The molecule has 5 nitrogen and oxygen atoms in total. The first kappa shape index (κ1) is 16.3. The largest absolute Gasteiger partial charge is 0.383 e. The van der Waals surface area contributed by atoms with Gasteiger partial charge in [0.25, 0.3) is 0 Å². The summed E-state index contributed by atoms with van der Waals surface area (Å²) >= 11 is 0. The van der Waals surface area contributed by atoms with Gasteiger partial charge in [-0.15, -0.1) is 0 Å². The number of aryl methyl sites for hydroxylation is 2. The van der Waals surface area contributed by atoms with Crippen molar-refractivity contribution in [2.45, 2.75) is 38.1 Å². The fraction of sp³-hybridized carbons (Fsp3) is 0.611. The molecule has 1 aromatic carbocycles. The highest BCUT2D eigenvalue weighted by Gasteiger charge is 2.28. The molecule has 0 aromatic heterocycles. The van der Waals surface area contributed by atoms with Gasteiger partial charge in [0, 0.05) is 31.9 Å². The third-order valence-electron chi connectivity index (χ3n) is 4.69. The average Bonchev–Trinajstić information content (AvgIpc) is 3.28. The number of rotatable bonds is 8. The molecule has 0 spiro atoms. The van der Waals surface area contributed by atoms with Crippen LogP contribution in [0.25, 0.3) is 0 Å². The molecule has 3 rings (SSSR count). The predicted molar refractivity (Wildman–Crippen MR) is 95.1 cm³/mol. The number of aliphatic imine (C=N–C) groups is 1. The van der Waals surface area contributed by atoms with Crippen LogP contribution in [0.3, 0.4) is 0 Å². The summed E-state index contributed by atoms with van der Waals surface area (Å²) in [5.41, 5.74) is 9.99. The summed E-state index contributed by atoms with van der Waals surface area (Å²) in [5.74, 6) is 0.505. The summed E-state index contributed by atoms with van der Waals surface area (Å²) in [5, 5.41) is 3.22. The van der Waals surface area contributed by atoms with Gasteiger partial charge in [-0.05, 0) is 55.4 Å². The van der Waals surface area contributed by atoms with Crippen LogP contribution in [0.5, 0.6) is 0 Å². The van der Waals surface area contributed by atoms with Gasteiger partial charge in [0.1, 0.15) is 0 Å². The van der Waals surface area contributed by atoms with Crippen molar-refractivity contribution in [2.75, 3.05) is 38.7 Å². The van der Waals surface area contributed by atoms with E-state index in [-0.39, 0.29) is 0 Å². The van der Waals surface area contributed by atoms with E-state index in [9.17, 15) is 0 Å². The monoisotopic (exact) mass is 316 g/mol. The van der Waals surface area contributed by atoms with Gasteiger partial charge >= 0.3 is 0 Å². The molecule has 23 heavy (non-hydrogen) atoms. The van der Waals surface area contributed by atoms with Crippen molar-refractivity contribution in [3.63, 3.8) is 0 Å². The Balaban J connectivity index is 1.47. The van der Waals surface area contributed by atoms with Crippen LogP contribution in [-0.4, -0.2) is 50.3 Å². The maximum absolute atomic E-state index is 6.02. The Morgan fingerprint density at radius 2 is 2.13 bits per heavy atom. The fourth-order valence-corrected chi connectivity index (χ4v) is 3.26. The maximum atomic E-state index is 6.02. The second-order valence-electron chi connectivity index (χ2n) is 6.49. The predicted octanol–water partition coefficient (Wildman–Crippen LogP) is 2.01. The lowest BCUT2D eigenvalue weighted by molar-refractivity contribution is 0.145. The number of ether oxygens (including phenoxy) is 1. The number of anilines is 1. The molecule has 3 N–H and O–H groups in total. The number of guanidine groups is 1. The highest BCUT2D eigenvalue weighted by atomic mass is 16.5. The molecule has 126 valence electrons. The lowest BCUT2D eigenvalue weighted by atomic mass is 10.1. The summed E-state index contributed by atoms with van der Waals surface area (Å²) in [6.45, 7) is 3.43. The molecular weight excluding hydrogens is 288 g/mol. The van der Waals surface area contributed by atoms with Crippen molar-refractivity contribution < 1.29 is 4.74 Å². The van der Waals surface area contributed by atoms with Crippen LogP contribution in [0.2, 0.25) is 0 Å². The quantitative estimate of drug-likeness (QED) is 0.569.